The minimum Gasteiger partial charge on any atom is -0.309 e. The van der Waals surface area contributed by atoms with Gasteiger partial charge in [-0.2, -0.15) is 0 Å². The number of rotatable bonds is 5. The first-order valence-electron chi connectivity index (χ1n) is 18.8. The van der Waals surface area contributed by atoms with E-state index in [1.54, 1.807) is 0 Å². The second kappa shape index (κ2) is 13.3. The van der Waals surface area contributed by atoms with Gasteiger partial charge in [0, 0.05) is 16.5 Å². The van der Waals surface area contributed by atoms with E-state index in [4.69, 9.17) is 0 Å². The Labute approximate surface area is 320 Å². The summed E-state index contributed by atoms with van der Waals surface area (Å²) in [6, 6.07) is 66.8. The summed E-state index contributed by atoms with van der Waals surface area (Å²) < 4.78 is 2.48. The van der Waals surface area contributed by atoms with Crippen LogP contribution in [-0.4, -0.2) is 4.57 Å². The Morgan fingerprint density at radius 2 is 0.818 bits per heavy atom. The van der Waals surface area contributed by atoms with E-state index in [2.05, 4.69) is 200 Å². The maximum Gasteiger partial charge on any atom is 0.0540 e. The van der Waals surface area contributed by atoms with Crippen LogP contribution in [0.15, 0.2) is 213 Å². The third-order valence-electron chi connectivity index (χ3n) is 11.1. The van der Waals surface area contributed by atoms with Crippen molar-refractivity contribution in [3.05, 3.63) is 219 Å². The summed E-state index contributed by atoms with van der Waals surface area (Å²) >= 11 is 0. The first-order valence-corrected chi connectivity index (χ1v) is 18.8. The standard InChI is InChI=1S/C54H37N/c1-3-16-36(4-2)38-27-31-53-51(33-38)47-25-14-11-21-43(47)44-22-12-15-26-48(44)52-34-39(37-17-6-5-7-18-37)28-32-54(52)55(53)40-29-30-49-45-23-9-8-19-41(45)42-20-10-13-24-46(42)50(49)35-40/h3-35H,1-2H2/b36-16+. The molecule has 0 unspecified atom stereocenters. The fraction of sp³-hybridized carbons (Fsp3) is 0. The predicted octanol–water partition coefficient (Wildman–Crippen LogP) is 15.1. The van der Waals surface area contributed by atoms with Crippen LogP contribution in [-0.2, 0) is 0 Å². The number of nitrogens with zero attached hydrogens (tertiary/aromatic N) is 1. The summed E-state index contributed by atoms with van der Waals surface area (Å²) in [5, 5.41) is 14.6. The van der Waals surface area contributed by atoms with Crippen LogP contribution in [0.4, 0.5) is 0 Å². The van der Waals surface area contributed by atoms with E-state index in [1.807, 2.05) is 18.2 Å². The molecule has 0 saturated heterocycles. The van der Waals surface area contributed by atoms with Gasteiger partial charge in [0.25, 0.3) is 0 Å². The molecule has 0 saturated carbocycles. The van der Waals surface area contributed by atoms with Crippen molar-refractivity contribution in [1.29, 1.82) is 0 Å². The molecule has 10 rings (SSSR count). The van der Waals surface area contributed by atoms with E-state index in [0.717, 1.165) is 33.2 Å². The molecule has 1 heteroatoms. The van der Waals surface area contributed by atoms with Gasteiger partial charge in [-0.1, -0.05) is 177 Å². The van der Waals surface area contributed by atoms with Gasteiger partial charge >= 0.3 is 0 Å². The molecule has 0 spiro atoms. The van der Waals surface area contributed by atoms with E-state index in [9.17, 15) is 0 Å². The highest BCUT2D eigenvalue weighted by Gasteiger charge is 2.15. The predicted molar refractivity (Wildman–Crippen MR) is 240 cm³/mol. The molecule has 1 heterocycles. The Morgan fingerprint density at radius 3 is 1.35 bits per heavy atom. The quantitative estimate of drug-likeness (QED) is 0.124. The number of hydrogen-bond donors (Lipinski definition) is 0. The highest BCUT2D eigenvalue weighted by Crippen LogP contribution is 2.40. The Kier molecular flexibility index (Phi) is 7.86. The highest BCUT2D eigenvalue weighted by atomic mass is 15.0. The fourth-order valence-corrected chi connectivity index (χ4v) is 8.64. The van der Waals surface area contributed by atoms with Gasteiger partial charge in [-0.15, -0.1) is 0 Å². The Bertz CT molecular complexity index is 3250. The minimum absolute atomic E-state index is 1.03. The molecule has 0 aliphatic heterocycles. The lowest BCUT2D eigenvalue weighted by atomic mass is 9.94. The van der Waals surface area contributed by atoms with Gasteiger partial charge in [0.05, 0.1) is 11.0 Å². The molecule has 1 aromatic heterocycles. The van der Waals surface area contributed by atoms with Crippen molar-refractivity contribution < 1.29 is 0 Å². The van der Waals surface area contributed by atoms with Gasteiger partial charge in [-0.05, 0) is 113 Å². The maximum absolute atomic E-state index is 4.17. The van der Waals surface area contributed by atoms with Crippen molar-refractivity contribution in [2.75, 3.05) is 0 Å². The number of aromatic nitrogens is 1. The van der Waals surface area contributed by atoms with Crippen molar-refractivity contribution in [1.82, 2.24) is 4.57 Å². The molecule has 0 bridgehead atoms. The molecule has 0 radical (unpaired) electrons. The van der Waals surface area contributed by atoms with Crippen LogP contribution in [0, 0.1) is 0 Å². The largest absolute Gasteiger partial charge is 0.309 e. The number of benzene rings is 9. The van der Waals surface area contributed by atoms with Crippen LogP contribution >= 0.6 is 0 Å². The second-order valence-corrected chi connectivity index (χ2v) is 14.1. The molecular weight excluding hydrogens is 663 g/mol. The normalized spacial score (nSPS) is 11.9. The van der Waals surface area contributed by atoms with Crippen molar-refractivity contribution in [2.45, 2.75) is 0 Å². The van der Waals surface area contributed by atoms with Crippen LogP contribution in [0.1, 0.15) is 5.56 Å². The van der Waals surface area contributed by atoms with Crippen LogP contribution in [0.3, 0.4) is 0 Å². The summed E-state index contributed by atoms with van der Waals surface area (Å²) in [6.45, 7) is 8.17. The molecule has 0 N–H and O–H groups in total. The highest BCUT2D eigenvalue weighted by molar-refractivity contribution is 6.26. The molecule has 0 amide bonds. The minimum atomic E-state index is 1.03. The maximum atomic E-state index is 4.17. The van der Waals surface area contributed by atoms with Gasteiger partial charge in [0.1, 0.15) is 0 Å². The molecule has 10 aromatic rings. The van der Waals surface area contributed by atoms with E-state index in [1.165, 1.54) is 70.4 Å². The van der Waals surface area contributed by atoms with Crippen LogP contribution in [0.25, 0.3) is 98.1 Å². The zero-order valence-electron chi connectivity index (χ0n) is 30.4. The van der Waals surface area contributed by atoms with Crippen molar-refractivity contribution in [3.63, 3.8) is 0 Å². The number of allylic oxidation sites excluding steroid dienone is 4. The first-order chi connectivity index (χ1) is 27.2. The van der Waals surface area contributed by atoms with Gasteiger partial charge in [-0.3, -0.25) is 0 Å². The van der Waals surface area contributed by atoms with Gasteiger partial charge < -0.3 is 4.57 Å². The lowest BCUT2D eigenvalue weighted by Crippen LogP contribution is -1.99. The van der Waals surface area contributed by atoms with Crippen molar-refractivity contribution in [2.24, 2.45) is 0 Å². The first kappa shape index (κ1) is 32.4. The molecule has 1 nitrogen and oxygen atoms in total. The zero-order chi connectivity index (χ0) is 36.9. The van der Waals surface area contributed by atoms with Crippen LogP contribution in [0.5, 0.6) is 0 Å². The average molecular weight is 700 g/mol. The molecule has 0 fully saturated rings. The SMILES string of the molecule is C=C/C=C(\C=C)c1ccc2c(c1)c1ccccc1c1ccccc1c1cc(-c3ccccc3)ccc1n2-c1ccc2c3ccccc3c3ccccc3c2c1. The Balaban J connectivity index is 1.47. The monoisotopic (exact) mass is 699 g/mol. The van der Waals surface area contributed by atoms with Gasteiger partial charge in [-0.25, -0.2) is 0 Å². The molecule has 0 aliphatic carbocycles. The smallest absolute Gasteiger partial charge is 0.0540 e. The molecule has 0 atom stereocenters. The number of hydrogen-bond acceptors (Lipinski definition) is 0. The number of fused-ring (bicyclic) bond motifs is 13. The third-order valence-corrected chi connectivity index (χ3v) is 11.1. The summed E-state index contributed by atoms with van der Waals surface area (Å²) in [5.74, 6) is 0. The summed E-state index contributed by atoms with van der Waals surface area (Å²) in [6.07, 6.45) is 5.78. The molecule has 9 aromatic carbocycles. The molecular formula is C54H37N. The van der Waals surface area contributed by atoms with E-state index >= 15 is 0 Å². The summed E-state index contributed by atoms with van der Waals surface area (Å²) in [5.41, 5.74) is 7.80. The van der Waals surface area contributed by atoms with Crippen LogP contribution < -0.4 is 0 Å². The van der Waals surface area contributed by atoms with E-state index in [0.29, 0.717) is 0 Å². The average Bonchev–Trinajstić information content (AvgIpc) is 3.30. The van der Waals surface area contributed by atoms with Crippen molar-refractivity contribution in [3.8, 4) is 16.8 Å². The Hall–Kier alpha value is -7.22. The van der Waals surface area contributed by atoms with Gasteiger partial charge in [0.2, 0.25) is 0 Å². The summed E-state index contributed by atoms with van der Waals surface area (Å²) in [7, 11) is 0. The fourth-order valence-electron chi connectivity index (χ4n) is 8.64. The molecule has 55 heavy (non-hydrogen) atoms. The molecule has 0 aliphatic rings. The van der Waals surface area contributed by atoms with E-state index < -0.39 is 0 Å². The third kappa shape index (κ3) is 5.32. The Morgan fingerprint density at radius 1 is 0.364 bits per heavy atom. The lowest BCUT2D eigenvalue weighted by molar-refractivity contribution is 1.18. The molecule has 258 valence electrons. The second-order valence-electron chi connectivity index (χ2n) is 14.1. The van der Waals surface area contributed by atoms with Gasteiger partial charge in [0.15, 0.2) is 0 Å². The van der Waals surface area contributed by atoms with E-state index in [-0.39, 0.29) is 0 Å². The zero-order valence-corrected chi connectivity index (χ0v) is 30.4. The topological polar surface area (TPSA) is 4.93 Å². The lowest BCUT2D eigenvalue weighted by Gasteiger charge is -2.17. The van der Waals surface area contributed by atoms with Crippen LogP contribution in [0.2, 0.25) is 0 Å². The summed E-state index contributed by atoms with van der Waals surface area (Å²) in [4.78, 5) is 0. The van der Waals surface area contributed by atoms with Crippen molar-refractivity contribution >= 4 is 81.2 Å².